The van der Waals surface area contributed by atoms with Crippen LogP contribution in [-0.4, -0.2) is 30.5 Å². The monoisotopic (exact) mass is 489 g/mol. The van der Waals surface area contributed by atoms with E-state index >= 15 is 0 Å². The predicted molar refractivity (Wildman–Crippen MR) is 144 cm³/mol. The number of nitrogens with zero attached hydrogens (tertiary/aromatic N) is 4. The molecule has 35 heavy (non-hydrogen) atoms. The Labute approximate surface area is 212 Å². The van der Waals surface area contributed by atoms with E-state index in [4.69, 9.17) is 5.73 Å². The van der Waals surface area contributed by atoms with Crippen molar-refractivity contribution < 1.29 is 5.11 Å². The molecular formula is C28H35N5OS. The molecule has 0 spiro atoms. The molecule has 0 saturated carbocycles. The van der Waals surface area contributed by atoms with Crippen molar-refractivity contribution in [3.8, 4) is 0 Å². The Hall–Kier alpha value is -2.90. The van der Waals surface area contributed by atoms with E-state index < -0.39 is 5.60 Å². The van der Waals surface area contributed by atoms with E-state index in [-0.39, 0.29) is 5.41 Å². The zero-order valence-corrected chi connectivity index (χ0v) is 22.1. The van der Waals surface area contributed by atoms with E-state index in [9.17, 15) is 5.11 Å². The van der Waals surface area contributed by atoms with Crippen LogP contribution in [0.1, 0.15) is 57.3 Å². The normalized spacial score (nSPS) is 12.4. The highest BCUT2D eigenvalue weighted by Gasteiger charge is 2.26. The van der Waals surface area contributed by atoms with E-state index in [1.54, 1.807) is 17.8 Å². The van der Waals surface area contributed by atoms with Crippen molar-refractivity contribution in [2.75, 3.05) is 5.73 Å². The number of aromatic nitrogens is 4. The SMILES string of the molecule is CC(C)(C)Cc1c(CC(C)(C)O)n(Cc2ccc(N)nn2)c2ccc(SCc3ccccn3)cc12. The lowest BCUT2D eigenvalue weighted by atomic mass is 9.85. The number of fused-ring (bicyclic) bond motifs is 1. The van der Waals surface area contributed by atoms with Gasteiger partial charge in [-0.1, -0.05) is 26.8 Å². The molecule has 0 saturated heterocycles. The van der Waals surface area contributed by atoms with Gasteiger partial charge in [0, 0.05) is 39.9 Å². The highest BCUT2D eigenvalue weighted by atomic mass is 32.2. The van der Waals surface area contributed by atoms with Crippen molar-refractivity contribution in [3.05, 3.63) is 77.4 Å². The number of hydrogen-bond acceptors (Lipinski definition) is 6. The van der Waals surface area contributed by atoms with Gasteiger partial charge in [-0.3, -0.25) is 4.98 Å². The first-order chi connectivity index (χ1) is 16.5. The Morgan fingerprint density at radius 3 is 2.37 bits per heavy atom. The Morgan fingerprint density at radius 1 is 0.943 bits per heavy atom. The third-order valence-electron chi connectivity index (χ3n) is 5.74. The number of thioether (sulfide) groups is 1. The summed E-state index contributed by atoms with van der Waals surface area (Å²) in [5.41, 5.74) is 10.5. The molecular weight excluding hydrogens is 454 g/mol. The molecule has 0 atom stereocenters. The first kappa shape index (κ1) is 25.2. The Bertz CT molecular complexity index is 1290. The standard InChI is InChI=1S/C28H35N5OS/c1-27(2,3)15-23-22-14-21(35-18-20-8-6-7-13-30-20)10-11-24(22)33(25(23)16-28(4,5)34)17-19-9-12-26(29)32-31-19/h6-14,34H,15-18H2,1-5H3,(H2,29,32). The van der Waals surface area contributed by atoms with Gasteiger partial charge in [0.15, 0.2) is 0 Å². The van der Waals surface area contributed by atoms with Gasteiger partial charge >= 0.3 is 0 Å². The molecule has 0 aliphatic heterocycles. The molecule has 7 heteroatoms. The molecule has 0 aliphatic carbocycles. The maximum absolute atomic E-state index is 10.8. The van der Waals surface area contributed by atoms with E-state index in [1.165, 1.54) is 15.8 Å². The summed E-state index contributed by atoms with van der Waals surface area (Å²) in [6.07, 6.45) is 3.29. The van der Waals surface area contributed by atoms with E-state index in [1.807, 2.05) is 38.2 Å². The second-order valence-corrected chi connectivity index (χ2v) is 12.0. The highest BCUT2D eigenvalue weighted by molar-refractivity contribution is 7.98. The molecule has 0 aliphatic rings. The minimum absolute atomic E-state index is 0.0889. The van der Waals surface area contributed by atoms with Crippen molar-refractivity contribution >= 4 is 28.5 Å². The molecule has 4 aromatic rings. The predicted octanol–water partition coefficient (Wildman–Crippen LogP) is 5.65. The largest absolute Gasteiger partial charge is 0.390 e. The average Bonchev–Trinajstić information content (AvgIpc) is 3.04. The van der Waals surface area contributed by atoms with Gasteiger partial charge in [0.1, 0.15) is 5.82 Å². The second kappa shape index (κ2) is 9.99. The fourth-order valence-corrected chi connectivity index (χ4v) is 5.17. The molecule has 3 N–H and O–H groups in total. The molecule has 0 fully saturated rings. The maximum atomic E-state index is 10.8. The van der Waals surface area contributed by atoms with Crippen LogP contribution in [0.4, 0.5) is 5.82 Å². The molecule has 0 amide bonds. The average molecular weight is 490 g/mol. The van der Waals surface area contributed by atoms with E-state index in [0.717, 1.165) is 34.8 Å². The molecule has 184 valence electrons. The van der Waals surface area contributed by atoms with E-state index in [0.29, 0.717) is 18.8 Å². The quantitative estimate of drug-likeness (QED) is 0.311. The van der Waals surface area contributed by atoms with Crippen molar-refractivity contribution in [1.29, 1.82) is 0 Å². The Balaban J connectivity index is 1.82. The number of pyridine rings is 1. The molecule has 0 bridgehead atoms. The number of anilines is 1. The lowest BCUT2D eigenvalue weighted by Crippen LogP contribution is -2.25. The minimum Gasteiger partial charge on any atom is -0.390 e. The van der Waals surface area contributed by atoms with Gasteiger partial charge in [0.25, 0.3) is 0 Å². The molecule has 0 radical (unpaired) electrons. The van der Waals surface area contributed by atoms with Gasteiger partial charge in [-0.25, -0.2) is 0 Å². The van der Waals surface area contributed by atoms with Crippen LogP contribution in [0, 0.1) is 5.41 Å². The van der Waals surface area contributed by atoms with Crippen LogP contribution in [0.5, 0.6) is 0 Å². The summed E-state index contributed by atoms with van der Waals surface area (Å²) in [7, 11) is 0. The summed E-state index contributed by atoms with van der Waals surface area (Å²) in [4.78, 5) is 5.67. The Morgan fingerprint density at radius 2 is 1.74 bits per heavy atom. The number of benzene rings is 1. The zero-order valence-electron chi connectivity index (χ0n) is 21.2. The molecule has 0 unspecified atom stereocenters. The second-order valence-electron chi connectivity index (χ2n) is 11.0. The molecule has 4 rings (SSSR count). The summed E-state index contributed by atoms with van der Waals surface area (Å²) in [6.45, 7) is 11.1. The van der Waals surface area contributed by atoms with Crippen molar-refractivity contribution in [1.82, 2.24) is 19.7 Å². The van der Waals surface area contributed by atoms with E-state index in [2.05, 4.69) is 64.8 Å². The number of aliphatic hydroxyl groups is 1. The van der Waals surface area contributed by atoms with Crippen LogP contribution in [0.15, 0.2) is 59.6 Å². The van der Waals surface area contributed by atoms with Crippen molar-refractivity contribution in [2.45, 2.75) is 70.3 Å². The summed E-state index contributed by atoms with van der Waals surface area (Å²) >= 11 is 1.79. The number of rotatable bonds is 8. The highest BCUT2D eigenvalue weighted by Crippen LogP contribution is 2.37. The smallest absolute Gasteiger partial charge is 0.146 e. The van der Waals surface area contributed by atoms with Crippen LogP contribution >= 0.6 is 11.8 Å². The third kappa shape index (κ3) is 6.61. The first-order valence-electron chi connectivity index (χ1n) is 12.0. The molecule has 6 nitrogen and oxygen atoms in total. The van der Waals surface area contributed by atoms with Crippen molar-refractivity contribution in [3.63, 3.8) is 0 Å². The summed E-state index contributed by atoms with van der Waals surface area (Å²) in [5, 5.41) is 20.4. The van der Waals surface area contributed by atoms with Crippen LogP contribution in [-0.2, 0) is 25.1 Å². The summed E-state index contributed by atoms with van der Waals surface area (Å²) in [6, 6.07) is 16.4. The summed E-state index contributed by atoms with van der Waals surface area (Å²) < 4.78 is 2.29. The number of nitrogen functional groups attached to an aromatic ring is 1. The lowest BCUT2D eigenvalue weighted by molar-refractivity contribution is 0.0788. The maximum Gasteiger partial charge on any atom is 0.146 e. The first-order valence-corrected chi connectivity index (χ1v) is 12.9. The fourth-order valence-electron chi connectivity index (χ4n) is 4.32. The van der Waals surface area contributed by atoms with Gasteiger partial charge < -0.3 is 15.4 Å². The van der Waals surface area contributed by atoms with Gasteiger partial charge in [-0.15, -0.1) is 16.9 Å². The summed E-state index contributed by atoms with van der Waals surface area (Å²) in [5.74, 6) is 1.23. The van der Waals surface area contributed by atoms with Gasteiger partial charge in [0.2, 0.25) is 0 Å². The van der Waals surface area contributed by atoms with Gasteiger partial charge in [-0.05, 0) is 73.7 Å². The van der Waals surface area contributed by atoms with Crippen LogP contribution in [0.2, 0.25) is 0 Å². The van der Waals surface area contributed by atoms with Crippen LogP contribution in [0.25, 0.3) is 10.9 Å². The zero-order chi connectivity index (χ0) is 25.2. The van der Waals surface area contributed by atoms with Gasteiger partial charge in [0.05, 0.1) is 23.5 Å². The van der Waals surface area contributed by atoms with Crippen LogP contribution in [0.3, 0.4) is 0 Å². The van der Waals surface area contributed by atoms with Gasteiger partial charge in [-0.2, -0.15) is 5.10 Å². The number of hydrogen-bond donors (Lipinski definition) is 2. The van der Waals surface area contributed by atoms with Crippen LogP contribution < -0.4 is 5.73 Å². The topological polar surface area (TPSA) is 89.8 Å². The molecule has 3 heterocycles. The molecule has 1 aromatic carbocycles. The van der Waals surface area contributed by atoms with Crippen molar-refractivity contribution in [2.24, 2.45) is 5.41 Å². The molecule has 3 aromatic heterocycles. The lowest BCUT2D eigenvalue weighted by Gasteiger charge is -2.23. The minimum atomic E-state index is -0.845. The Kier molecular flexibility index (Phi) is 7.20. The number of nitrogens with two attached hydrogens (primary N) is 1. The third-order valence-corrected chi connectivity index (χ3v) is 6.77. The fraction of sp³-hybridized carbons (Fsp3) is 0.393.